The molecule has 0 bridgehead atoms. The van der Waals surface area contributed by atoms with Crippen LogP contribution in [0.5, 0.6) is 23.0 Å². The SMILES string of the molecule is CCC(=O)N1CCOc2c(cc(-c3ccc(OC)c(OC)c3)cc2OC)C1. The summed E-state index contributed by atoms with van der Waals surface area (Å²) < 4.78 is 22.2. The van der Waals surface area contributed by atoms with Crippen molar-refractivity contribution in [3.8, 4) is 34.1 Å². The van der Waals surface area contributed by atoms with Crippen molar-refractivity contribution in [1.29, 1.82) is 0 Å². The Hall–Kier alpha value is -2.89. The predicted molar refractivity (Wildman–Crippen MR) is 103 cm³/mol. The van der Waals surface area contributed by atoms with Crippen LogP contribution in [0.15, 0.2) is 30.3 Å². The Morgan fingerprint density at radius 1 is 1.00 bits per heavy atom. The molecule has 1 aliphatic rings. The second-order valence-electron chi connectivity index (χ2n) is 6.25. The maximum absolute atomic E-state index is 12.2. The van der Waals surface area contributed by atoms with Crippen LogP contribution < -0.4 is 18.9 Å². The van der Waals surface area contributed by atoms with Gasteiger partial charge in [-0.25, -0.2) is 0 Å². The highest BCUT2D eigenvalue weighted by Gasteiger charge is 2.23. The minimum Gasteiger partial charge on any atom is -0.493 e. The standard InChI is InChI=1S/C21H25NO5/c1-5-20(23)22-8-9-27-21-16(13-22)10-15(12-19(21)26-4)14-6-7-17(24-2)18(11-14)25-3/h6-7,10-12H,5,8-9,13H2,1-4H3. The zero-order chi connectivity index (χ0) is 19.4. The van der Waals surface area contributed by atoms with E-state index in [1.165, 1.54) is 0 Å². The van der Waals surface area contributed by atoms with Gasteiger partial charge in [0.05, 0.1) is 27.9 Å². The number of methoxy groups -OCH3 is 3. The van der Waals surface area contributed by atoms with E-state index in [4.69, 9.17) is 18.9 Å². The number of fused-ring (bicyclic) bond motifs is 1. The van der Waals surface area contributed by atoms with E-state index in [0.717, 1.165) is 16.7 Å². The molecule has 2 aromatic rings. The minimum atomic E-state index is 0.113. The summed E-state index contributed by atoms with van der Waals surface area (Å²) in [5.41, 5.74) is 2.85. The fourth-order valence-corrected chi connectivity index (χ4v) is 3.25. The predicted octanol–water partition coefficient (Wildman–Crippen LogP) is 3.51. The van der Waals surface area contributed by atoms with Gasteiger partial charge in [-0.2, -0.15) is 0 Å². The van der Waals surface area contributed by atoms with E-state index < -0.39 is 0 Å². The highest BCUT2D eigenvalue weighted by atomic mass is 16.5. The third-order valence-corrected chi connectivity index (χ3v) is 4.69. The fraction of sp³-hybridized carbons (Fsp3) is 0.381. The molecular weight excluding hydrogens is 346 g/mol. The third kappa shape index (κ3) is 3.79. The third-order valence-electron chi connectivity index (χ3n) is 4.69. The number of hydrogen-bond donors (Lipinski definition) is 0. The smallest absolute Gasteiger partial charge is 0.222 e. The summed E-state index contributed by atoms with van der Waals surface area (Å²) in [5.74, 6) is 2.80. The number of benzene rings is 2. The Bertz CT molecular complexity index is 834. The molecule has 27 heavy (non-hydrogen) atoms. The van der Waals surface area contributed by atoms with Crippen molar-refractivity contribution >= 4 is 5.91 Å². The van der Waals surface area contributed by atoms with Gasteiger partial charge in [0.15, 0.2) is 23.0 Å². The van der Waals surface area contributed by atoms with Crippen molar-refractivity contribution < 1.29 is 23.7 Å². The lowest BCUT2D eigenvalue weighted by Crippen LogP contribution is -2.31. The van der Waals surface area contributed by atoms with Gasteiger partial charge in [-0.1, -0.05) is 13.0 Å². The Kier molecular flexibility index (Phi) is 5.74. The van der Waals surface area contributed by atoms with Crippen LogP contribution >= 0.6 is 0 Å². The molecule has 0 spiro atoms. The molecule has 0 aliphatic carbocycles. The van der Waals surface area contributed by atoms with Crippen LogP contribution in [0.3, 0.4) is 0 Å². The van der Waals surface area contributed by atoms with Crippen LogP contribution in [0.2, 0.25) is 0 Å². The molecule has 6 heteroatoms. The normalized spacial score (nSPS) is 13.3. The lowest BCUT2D eigenvalue weighted by Gasteiger charge is -2.19. The first kappa shape index (κ1) is 18.9. The van der Waals surface area contributed by atoms with E-state index in [1.807, 2.05) is 42.2 Å². The second kappa shape index (κ2) is 8.20. The second-order valence-corrected chi connectivity index (χ2v) is 6.25. The van der Waals surface area contributed by atoms with Gasteiger partial charge in [0.2, 0.25) is 5.91 Å². The van der Waals surface area contributed by atoms with Gasteiger partial charge in [-0.3, -0.25) is 4.79 Å². The molecule has 0 aromatic heterocycles. The van der Waals surface area contributed by atoms with E-state index in [0.29, 0.717) is 49.1 Å². The average Bonchev–Trinajstić information content (AvgIpc) is 2.94. The number of rotatable bonds is 5. The zero-order valence-electron chi connectivity index (χ0n) is 16.2. The van der Waals surface area contributed by atoms with Gasteiger partial charge < -0.3 is 23.8 Å². The molecule has 0 saturated heterocycles. The van der Waals surface area contributed by atoms with Crippen molar-refractivity contribution in [3.63, 3.8) is 0 Å². The minimum absolute atomic E-state index is 0.113. The Labute approximate surface area is 159 Å². The van der Waals surface area contributed by atoms with Gasteiger partial charge in [0, 0.05) is 18.5 Å². The molecule has 3 rings (SSSR count). The molecule has 6 nitrogen and oxygen atoms in total. The van der Waals surface area contributed by atoms with E-state index in [1.54, 1.807) is 21.3 Å². The van der Waals surface area contributed by atoms with Crippen LogP contribution in [0.1, 0.15) is 18.9 Å². The summed E-state index contributed by atoms with van der Waals surface area (Å²) in [4.78, 5) is 14.0. The number of amides is 1. The summed E-state index contributed by atoms with van der Waals surface area (Å²) in [6.07, 6.45) is 0.474. The van der Waals surface area contributed by atoms with Gasteiger partial charge in [-0.15, -0.1) is 0 Å². The Morgan fingerprint density at radius 3 is 2.37 bits per heavy atom. The van der Waals surface area contributed by atoms with Crippen molar-refractivity contribution in [2.75, 3.05) is 34.5 Å². The first-order chi connectivity index (χ1) is 13.1. The van der Waals surface area contributed by atoms with E-state index in [9.17, 15) is 4.79 Å². The highest BCUT2D eigenvalue weighted by molar-refractivity contribution is 5.77. The molecule has 2 aromatic carbocycles. The van der Waals surface area contributed by atoms with Crippen LogP contribution in [-0.4, -0.2) is 45.3 Å². The van der Waals surface area contributed by atoms with E-state index in [-0.39, 0.29) is 5.91 Å². The lowest BCUT2D eigenvalue weighted by molar-refractivity contribution is -0.131. The van der Waals surface area contributed by atoms with Crippen LogP contribution in [-0.2, 0) is 11.3 Å². The first-order valence-corrected chi connectivity index (χ1v) is 8.95. The average molecular weight is 371 g/mol. The number of carbonyl (C=O) groups excluding carboxylic acids is 1. The molecular formula is C21H25NO5. The van der Waals surface area contributed by atoms with Crippen LogP contribution in [0.25, 0.3) is 11.1 Å². The maximum atomic E-state index is 12.2. The molecule has 0 unspecified atom stereocenters. The summed E-state index contributed by atoms with van der Waals surface area (Å²) in [7, 11) is 4.85. The maximum Gasteiger partial charge on any atom is 0.222 e. The number of carbonyl (C=O) groups is 1. The van der Waals surface area contributed by atoms with Gasteiger partial charge in [0.1, 0.15) is 6.61 Å². The van der Waals surface area contributed by atoms with E-state index >= 15 is 0 Å². The fourth-order valence-electron chi connectivity index (χ4n) is 3.25. The number of hydrogen-bond acceptors (Lipinski definition) is 5. The lowest BCUT2D eigenvalue weighted by atomic mass is 10.0. The van der Waals surface area contributed by atoms with Crippen molar-refractivity contribution in [2.45, 2.75) is 19.9 Å². The van der Waals surface area contributed by atoms with Crippen molar-refractivity contribution in [3.05, 3.63) is 35.9 Å². The molecule has 0 radical (unpaired) electrons. The van der Waals surface area contributed by atoms with Crippen molar-refractivity contribution in [2.24, 2.45) is 0 Å². The summed E-state index contributed by atoms with van der Waals surface area (Å²) >= 11 is 0. The zero-order valence-corrected chi connectivity index (χ0v) is 16.2. The largest absolute Gasteiger partial charge is 0.493 e. The molecule has 1 heterocycles. The molecule has 0 N–H and O–H groups in total. The summed E-state index contributed by atoms with van der Waals surface area (Å²) in [5, 5.41) is 0. The molecule has 1 amide bonds. The van der Waals surface area contributed by atoms with Crippen molar-refractivity contribution in [1.82, 2.24) is 4.90 Å². The van der Waals surface area contributed by atoms with Gasteiger partial charge >= 0.3 is 0 Å². The molecule has 0 fully saturated rings. The molecule has 144 valence electrons. The Balaban J connectivity index is 2.06. The summed E-state index contributed by atoms with van der Waals surface area (Å²) in [6.45, 7) is 3.39. The molecule has 0 atom stereocenters. The number of nitrogens with zero attached hydrogens (tertiary/aromatic N) is 1. The quantitative estimate of drug-likeness (QED) is 0.805. The van der Waals surface area contributed by atoms with Crippen LogP contribution in [0.4, 0.5) is 0 Å². The highest BCUT2D eigenvalue weighted by Crippen LogP contribution is 2.40. The summed E-state index contributed by atoms with van der Waals surface area (Å²) in [6, 6.07) is 9.75. The monoisotopic (exact) mass is 371 g/mol. The van der Waals surface area contributed by atoms with Crippen LogP contribution in [0, 0.1) is 0 Å². The Morgan fingerprint density at radius 2 is 1.70 bits per heavy atom. The van der Waals surface area contributed by atoms with Gasteiger partial charge in [0.25, 0.3) is 0 Å². The first-order valence-electron chi connectivity index (χ1n) is 8.95. The molecule has 1 aliphatic heterocycles. The van der Waals surface area contributed by atoms with E-state index in [2.05, 4.69) is 0 Å². The number of ether oxygens (including phenoxy) is 4. The topological polar surface area (TPSA) is 57.2 Å². The molecule has 0 saturated carbocycles. The van der Waals surface area contributed by atoms with Gasteiger partial charge in [-0.05, 0) is 35.4 Å².